The molecule has 3 aromatic rings. The molecule has 1 fully saturated rings. The van der Waals surface area contributed by atoms with Crippen LogP contribution < -0.4 is 9.47 Å². The van der Waals surface area contributed by atoms with E-state index < -0.39 is 6.10 Å². The molecule has 0 unspecified atom stereocenters. The molecule has 2 aromatic carbocycles. The maximum absolute atomic E-state index is 12.9. The van der Waals surface area contributed by atoms with Crippen LogP contribution in [0.25, 0.3) is 10.2 Å². The van der Waals surface area contributed by atoms with E-state index in [-0.39, 0.29) is 12.5 Å². The third-order valence-corrected chi connectivity index (χ3v) is 6.45. The van der Waals surface area contributed by atoms with E-state index in [1.54, 1.807) is 11.3 Å². The van der Waals surface area contributed by atoms with Crippen LogP contribution in [-0.4, -0.2) is 41.6 Å². The van der Waals surface area contributed by atoms with Gasteiger partial charge in [0.05, 0.1) is 15.2 Å². The number of amides is 1. The van der Waals surface area contributed by atoms with Crippen LogP contribution >= 0.6 is 11.3 Å². The van der Waals surface area contributed by atoms with E-state index in [0.717, 1.165) is 31.4 Å². The predicted molar refractivity (Wildman–Crippen MR) is 105 cm³/mol. The molecule has 0 saturated carbocycles. The second-order valence-electron chi connectivity index (χ2n) is 6.98. The number of carbonyl (C=O) groups excluding carboxylic acids is 1. The molecule has 0 radical (unpaired) electrons. The van der Waals surface area contributed by atoms with Crippen molar-refractivity contribution in [3.8, 4) is 11.5 Å². The van der Waals surface area contributed by atoms with E-state index in [0.29, 0.717) is 17.4 Å². The number of piperidine rings is 1. The molecule has 1 amide bonds. The number of hydrogen-bond donors (Lipinski definition) is 0. The number of para-hydroxylation sites is 3. The van der Waals surface area contributed by atoms with Gasteiger partial charge in [0.25, 0.3) is 5.91 Å². The zero-order valence-electron chi connectivity index (χ0n) is 14.8. The number of ether oxygens (including phenoxy) is 2. The number of nitrogens with zero attached hydrogens (tertiary/aromatic N) is 2. The van der Waals surface area contributed by atoms with Crippen molar-refractivity contribution in [3.05, 3.63) is 53.5 Å². The predicted octanol–water partition coefficient (Wildman–Crippen LogP) is 3.84. The lowest BCUT2D eigenvalue weighted by Gasteiger charge is -2.34. The van der Waals surface area contributed by atoms with E-state index in [4.69, 9.17) is 14.5 Å². The lowest BCUT2D eigenvalue weighted by molar-refractivity contribution is -0.142. The smallest absolute Gasteiger partial charge is 0.267 e. The Kier molecular flexibility index (Phi) is 4.20. The Hall–Kier alpha value is -2.60. The van der Waals surface area contributed by atoms with Gasteiger partial charge in [-0.2, -0.15) is 0 Å². The topological polar surface area (TPSA) is 51.7 Å². The standard InChI is InChI=1S/C21H20N2O3S/c24-21(18-13-25-16-6-2-3-7-17(16)26-18)23-11-9-14(10-12-23)20-22-15-5-1-4-8-19(15)27-20/h1-8,14,18H,9-13H2/t18-/m1/s1. The summed E-state index contributed by atoms with van der Waals surface area (Å²) in [7, 11) is 0. The monoisotopic (exact) mass is 380 g/mol. The number of likely N-dealkylation sites (tertiary alicyclic amines) is 1. The van der Waals surface area contributed by atoms with Crippen molar-refractivity contribution >= 4 is 27.5 Å². The fourth-order valence-corrected chi connectivity index (χ4v) is 4.89. The highest BCUT2D eigenvalue weighted by molar-refractivity contribution is 7.18. The zero-order chi connectivity index (χ0) is 18.2. The van der Waals surface area contributed by atoms with Gasteiger partial charge in [-0.3, -0.25) is 4.79 Å². The third-order valence-electron chi connectivity index (χ3n) is 5.25. The molecule has 138 valence electrons. The van der Waals surface area contributed by atoms with E-state index in [1.807, 2.05) is 35.2 Å². The van der Waals surface area contributed by atoms with Crippen LogP contribution in [0, 0.1) is 0 Å². The molecule has 0 aliphatic carbocycles. The van der Waals surface area contributed by atoms with Crippen molar-refractivity contribution < 1.29 is 14.3 Å². The van der Waals surface area contributed by atoms with Crippen LogP contribution in [0.2, 0.25) is 0 Å². The summed E-state index contributed by atoms with van der Waals surface area (Å²) in [5, 5.41) is 1.19. The number of carbonyl (C=O) groups is 1. The van der Waals surface area contributed by atoms with Gasteiger partial charge < -0.3 is 14.4 Å². The highest BCUT2D eigenvalue weighted by atomic mass is 32.1. The first-order valence-electron chi connectivity index (χ1n) is 9.31. The summed E-state index contributed by atoms with van der Waals surface area (Å²) in [4.78, 5) is 19.6. The van der Waals surface area contributed by atoms with E-state index in [2.05, 4.69) is 18.2 Å². The van der Waals surface area contributed by atoms with E-state index >= 15 is 0 Å². The molecule has 2 aliphatic heterocycles. The Morgan fingerprint density at radius 3 is 2.59 bits per heavy atom. The normalized spacial score (nSPS) is 20.0. The lowest BCUT2D eigenvalue weighted by atomic mass is 9.97. The maximum atomic E-state index is 12.9. The summed E-state index contributed by atoms with van der Waals surface area (Å²) < 4.78 is 12.8. The van der Waals surface area contributed by atoms with Crippen LogP contribution in [0.1, 0.15) is 23.8 Å². The van der Waals surface area contributed by atoms with Crippen molar-refractivity contribution in [2.24, 2.45) is 0 Å². The van der Waals surface area contributed by atoms with Gasteiger partial charge in [0.2, 0.25) is 6.10 Å². The molecule has 3 heterocycles. The fraction of sp³-hybridized carbons (Fsp3) is 0.333. The first kappa shape index (κ1) is 16.6. The molecule has 5 nitrogen and oxygen atoms in total. The quantitative estimate of drug-likeness (QED) is 0.678. The lowest BCUT2D eigenvalue weighted by Crippen LogP contribution is -2.48. The third kappa shape index (κ3) is 3.14. The number of benzene rings is 2. The number of hydrogen-bond acceptors (Lipinski definition) is 5. The molecule has 0 spiro atoms. The summed E-state index contributed by atoms with van der Waals surface area (Å²) in [5.41, 5.74) is 1.07. The minimum atomic E-state index is -0.557. The summed E-state index contributed by atoms with van der Waals surface area (Å²) in [6, 6.07) is 15.7. The Balaban J connectivity index is 1.23. The Morgan fingerprint density at radius 2 is 1.78 bits per heavy atom. The van der Waals surface area contributed by atoms with Crippen molar-refractivity contribution in [2.75, 3.05) is 19.7 Å². The first-order valence-corrected chi connectivity index (χ1v) is 10.1. The van der Waals surface area contributed by atoms with Crippen LogP contribution in [0.5, 0.6) is 11.5 Å². The molecular formula is C21H20N2O3S. The molecular weight excluding hydrogens is 360 g/mol. The van der Waals surface area contributed by atoms with Gasteiger partial charge in [-0.15, -0.1) is 11.3 Å². The molecule has 5 rings (SSSR count). The van der Waals surface area contributed by atoms with Crippen molar-refractivity contribution in [1.82, 2.24) is 9.88 Å². The van der Waals surface area contributed by atoms with Crippen molar-refractivity contribution in [1.29, 1.82) is 0 Å². The van der Waals surface area contributed by atoms with Gasteiger partial charge in [-0.1, -0.05) is 24.3 Å². The number of rotatable bonds is 2. The largest absolute Gasteiger partial charge is 0.485 e. The highest BCUT2D eigenvalue weighted by Crippen LogP contribution is 2.35. The zero-order valence-corrected chi connectivity index (χ0v) is 15.7. The Bertz CT molecular complexity index is 945. The summed E-state index contributed by atoms with van der Waals surface area (Å²) in [6.07, 6.45) is 1.32. The molecule has 1 atom stereocenters. The fourth-order valence-electron chi connectivity index (χ4n) is 3.76. The second-order valence-corrected chi connectivity index (χ2v) is 8.05. The SMILES string of the molecule is O=C([C@H]1COc2ccccc2O1)N1CCC(c2nc3ccccc3s2)CC1. The molecule has 1 saturated heterocycles. The second kappa shape index (κ2) is 6.85. The minimum Gasteiger partial charge on any atom is -0.485 e. The average molecular weight is 380 g/mol. The van der Waals surface area contributed by atoms with Gasteiger partial charge >= 0.3 is 0 Å². The van der Waals surface area contributed by atoms with Crippen LogP contribution in [0.15, 0.2) is 48.5 Å². The molecule has 0 bridgehead atoms. The molecule has 0 N–H and O–H groups in total. The first-order chi connectivity index (χ1) is 13.3. The van der Waals surface area contributed by atoms with Crippen molar-refractivity contribution in [2.45, 2.75) is 24.9 Å². The molecule has 6 heteroatoms. The average Bonchev–Trinajstić information content (AvgIpc) is 3.17. The van der Waals surface area contributed by atoms with Gasteiger partial charge in [-0.25, -0.2) is 4.98 Å². The van der Waals surface area contributed by atoms with Gasteiger partial charge in [0.15, 0.2) is 11.5 Å². The molecule has 27 heavy (non-hydrogen) atoms. The summed E-state index contributed by atoms with van der Waals surface area (Å²) in [5.74, 6) is 1.80. The minimum absolute atomic E-state index is 0.0206. The van der Waals surface area contributed by atoms with E-state index in [1.165, 1.54) is 9.71 Å². The van der Waals surface area contributed by atoms with Crippen LogP contribution in [0.3, 0.4) is 0 Å². The van der Waals surface area contributed by atoms with Gasteiger partial charge in [0.1, 0.15) is 6.61 Å². The van der Waals surface area contributed by atoms with Crippen LogP contribution in [-0.2, 0) is 4.79 Å². The summed E-state index contributed by atoms with van der Waals surface area (Å²) >= 11 is 1.77. The van der Waals surface area contributed by atoms with Crippen molar-refractivity contribution in [3.63, 3.8) is 0 Å². The van der Waals surface area contributed by atoms with Gasteiger partial charge in [0, 0.05) is 19.0 Å². The Labute approximate surface area is 161 Å². The molecule has 2 aliphatic rings. The Morgan fingerprint density at radius 1 is 1.04 bits per heavy atom. The summed E-state index contributed by atoms with van der Waals surface area (Å²) in [6.45, 7) is 1.75. The van der Waals surface area contributed by atoms with Crippen LogP contribution in [0.4, 0.5) is 0 Å². The van der Waals surface area contributed by atoms with Gasteiger partial charge in [-0.05, 0) is 37.1 Å². The number of fused-ring (bicyclic) bond motifs is 2. The number of aromatic nitrogens is 1. The van der Waals surface area contributed by atoms with E-state index in [9.17, 15) is 4.79 Å². The maximum Gasteiger partial charge on any atom is 0.267 e. The molecule has 1 aromatic heterocycles. The highest BCUT2D eigenvalue weighted by Gasteiger charge is 2.33. The number of thiazole rings is 1.